The number of halogens is 13. The highest BCUT2D eigenvalue weighted by Crippen LogP contribution is 2.42. The first-order valence-corrected chi connectivity index (χ1v) is 23.0. The molecule has 0 atom stereocenters. The predicted molar refractivity (Wildman–Crippen MR) is 248 cm³/mol. The Morgan fingerprint density at radius 2 is 0.919 bits per heavy atom. The average Bonchev–Trinajstić information content (AvgIpc) is 4.22. The third-order valence-corrected chi connectivity index (χ3v) is 12.1. The summed E-state index contributed by atoms with van der Waals surface area (Å²) in [5.41, 5.74) is -0.147. The Bertz CT molecular complexity index is 2710. The van der Waals surface area contributed by atoms with E-state index >= 15 is 0 Å². The van der Waals surface area contributed by atoms with Gasteiger partial charge in [0.2, 0.25) is 5.89 Å². The first-order chi connectivity index (χ1) is 34.7. The Balaban J connectivity index is 0.000000184. The van der Waals surface area contributed by atoms with Crippen molar-refractivity contribution in [2.24, 2.45) is 5.84 Å². The summed E-state index contributed by atoms with van der Waals surface area (Å²) in [4.78, 5) is 49.8. The topological polar surface area (TPSA) is 176 Å². The fourth-order valence-corrected chi connectivity index (χ4v) is 8.52. The highest BCUT2D eigenvalue weighted by atomic mass is 79.9. The van der Waals surface area contributed by atoms with Crippen LogP contribution in [0.25, 0.3) is 11.5 Å². The average molecular weight is 1130 g/mol. The zero-order valence-corrected chi connectivity index (χ0v) is 40.6. The molecule has 14 nitrogen and oxygen atoms in total. The van der Waals surface area contributed by atoms with Crippen molar-refractivity contribution in [2.45, 2.75) is 63.2 Å². The molecular formula is C47H46BrF12N7O7. The molecule has 0 unspecified atom stereocenters. The standard InChI is InChI=1S/C13H12F3N3O2.C13H14F3NO2.C12H14F3N3O.C9H6BrF3O2/c14-13(15,16)9-4-3-8(11-17-18-12(20)21-11)7-10(9)19-5-1-2-6-19;1-19-12(18)9-4-5-10(13(14,15)16)11(8-9)17-6-2-3-7-17;13-12(14,15)9-4-3-8(11(19)17-16)7-10(9)18-5-1-2-6-18;1-15-8(14)5-2-3-6(7(10)4-5)9(11,12)13/h3-4,7H,1-2,5-6H2,(H,18,20);4-5,8H,2-3,6-7H2,1H3;3-4,7H,1-2,5-6,16H2,(H,17,19);2-4H,1H3. The van der Waals surface area contributed by atoms with E-state index in [9.17, 15) is 71.9 Å². The summed E-state index contributed by atoms with van der Waals surface area (Å²) in [6, 6.07) is 13.3. The third kappa shape index (κ3) is 15.2. The van der Waals surface area contributed by atoms with Crippen LogP contribution in [0.15, 0.2) is 86.5 Å². The molecule has 1 aromatic heterocycles. The Kier molecular flexibility index (Phi) is 19.3. The number of alkyl halides is 12. The number of methoxy groups -OCH3 is 2. The molecule has 74 heavy (non-hydrogen) atoms. The van der Waals surface area contributed by atoms with E-state index < -0.39 is 70.6 Å². The monoisotopic (exact) mass is 1130 g/mol. The molecule has 27 heteroatoms. The highest BCUT2D eigenvalue weighted by Gasteiger charge is 2.39. The Hall–Kier alpha value is -6.77. The summed E-state index contributed by atoms with van der Waals surface area (Å²) in [5, 5.41) is 5.73. The van der Waals surface area contributed by atoms with Gasteiger partial charge in [-0.05, 0) is 111 Å². The third-order valence-electron chi connectivity index (χ3n) is 11.4. The highest BCUT2D eigenvalue weighted by molar-refractivity contribution is 9.10. The number of nitrogens with one attached hydrogen (secondary N) is 2. The molecule has 0 spiro atoms. The molecule has 3 aliphatic rings. The van der Waals surface area contributed by atoms with Crippen molar-refractivity contribution in [1.82, 2.24) is 15.6 Å². The van der Waals surface area contributed by atoms with Gasteiger partial charge in [-0.15, -0.1) is 5.10 Å². The maximum Gasteiger partial charge on any atom is 0.434 e. The van der Waals surface area contributed by atoms with Crippen LogP contribution in [0.5, 0.6) is 0 Å². The summed E-state index contributed by atoms with van der Waals surface area (Å²) >= 11 is 2.75. The van der Waals surface area contributed by atoms with E-state index in [-0.39, 0.29) is 44.1 Å². The zero-order chi connectivity index (χ0) is 54.8. The number of carbonyl (C=O) groups is 3. The van der Waals surface area contributed by atoms with Crippen LogP contribution in [0.3, 0.4) is 0 Å². The van der Waals surface area contributed by atoms with Gasteiger partial charge in [0.05, 0.1) is 47.6 Å². The van der Waals surface area contributed by atoms with Gasteiger partial charge in [-0.2, -0.15) is 52.7 Å². The first-order valence-electron chi connectivity index (χ1n) is 22.2. The lowest BCUT2D eigenvalue weighted by Gasteiger charge is -2.23. The SMILES string of the molecule is COC(=O)c1ccc(C(F)(F)F)c(Br)c1.COC(=O)c1ccc(C(F)(F)F)c(N2CCCC2)c1.NNC(=O)c1ccc(C(F)(F)F)c(N2CCCC2)c1.O=c1[nH]nc(-c2ccc(C(F)(F)F)c(N3CCCC3)c2)o1. The number of aromatic nitrogens is 2. The molecule has 0 aliphatic carbocycles. The number of nitrogens with two attached hydrogens (primary N) is 1. The van der Waals surface area contributed by atoms with Crippen LogP contribution >= 0.6 is 15.9 Å². The maximum absolute atomic E-state index is 13.1. The van der Waals surface area contributed by atoms with Gasteiger partial charge in [0.25, 0.3) is 5.91 Å². The number of hydrazine groups is 1. The quantitative estimate of drug-likeness (QED) is 0.0463. The van der Waals surface area contributed by atoms with Gasteiger partial charge >= 0.3 is 42.4 Å². The van der Waals surface area contributed by atoms with Gasteiger partial charge in [0.15, 0.2) is 0 Å². The summed E-state index contributed by atoms with van der Waals surface area (Å²) in [5.74, 6) is 2.32. The lowest BCUT2D eigenvalue weighted by Crippen LogP contribution is -2.30. The van der Waals surface area contributed by atoms with Crippen molar-refractivity contribution < 1.29 is 81.0 Å². The second kappa shape index (κ2) is 24.5. The molecule has 402 valence electrons. The van der Waals surface area contributed by atoms with Crippen LogP contribution in [0.2, 0.25) is 0 Å². The molecule has 3 aliphatic heterocycles. The van der Waals surface area contributed by atoms with Gasteiger partial charge in [0, 0.05) is 71.9 Å². The first kappa shape index (κ1) is 58.1. The number of nitrogens with zero attached hydrogens (tertiary/aromatic N) is 4. The molecule has 5 aromatic rings. The number of amides is 1. The Morgan fingerprint density at radius 1 is 0.568 bits per heavy atom. The van der Waals surface area contributed by atoms with Crippen molar-refractivity contribution in [3.8, 4) is 11.5 Å². The summed E-state index contributed by atoms with van der Waals surface area (Å²) in [6.07, 6.45) is -12.6. The van der Waals surface area contributed by atoms with Crippen molar-refractivity contribution in [3.05, 3.63) is 127 Å². The van der Waals surface area contributed by atoms with Gasteiger partial charge < -0.3 is 28.6 Å². The summed E-state index contributed by atoms with van der Waals surface area (Å²) in [7, 11) is 2.36. The van der Waals surface area contributed by atoms with Crippen molar-refractivity contribution in [2.75, 3.05) is 68.2 Å². The number of hydrogen-bond acceptors (Lipinski definition) is 12. The van der Waals surface area contributed by atoms with Crippen molar-refractivity contribution >= 4 is 50.8 Å². The van der Waals surface area contributed by atoms with Crippen LogP contribution in [0.1, 0.15) is 91.9 Å². The number of esters is 2. The van der Waals surface area contributed by atoms with Crippen LogP contribution in [0, 0.1) is 0 Å². The number of H-pyrrole nitrogens is 1. The summed E-state index contributed by atoms with van der Waals surface area (Å²) < 4.78 is 168. The van der Waals surface area contributed by atoms with Crippen LogP contribution < -0.4 is 31.7 Å². The molecule has 1 amide bonds. The number of ether oxygens (including phenoxy) is 2. The molecule has 4 heterocycles. The number of rotatable bonds is 7. The lowest BCUT2D eigenvalue weighted by molar-refractivity contribution is -0.138. The van der Waals surface area contributed by atoms with E-state index in [1.807, 2.05) is 5.43 Å². The van der Waals surface area contributed by atoms with E-state index in [1.165, 1.54) is 31.4 Å². The minimum Gasteiger partial charge on any atom is -0.465 e. The molecule has 4 N–H and O–H groups in total. The fourth-order valence-electron chi connectivity index (χ4n) is 7.92. The summed E-state index contributed by atoms with van der Waals surface area (Å²) in [6.45, 7) is 3.45. The van der Waals surface area contributed by atoms with E-state index in [0.717, 1.165) is 94.2 Å². The second-order valence-electron chi connectivity index (χ2n) is 16.3. The van der Waals surface area contributed by atoms with E-state index in [1.54, 1.807) is 14.7 Å². The van der Waals surface area contributed by atoms with E-state index in [2.05, 4.69) is 35.6 Å². The number of carbonyl (C=O) groups excluding carboxylic acids is 3. The molecule has 0 saturated carbocycles. The van der Waals surface area contributed by atoms with Crippen LogP contribution in [0.4, 0.5) is 69.7 Å². The van der Waals surface area contributed by atoms with Crippen LogP contribution in [-0.4, -0.2) is 81.5 Å². The maximum atomic E-state index is 13.1. The largest absolute Gasteiger partial charge is 0.465 e. The van der Waals surface area contributed by atoms with Gasteiger partial charge in [0.1, 0.15) is 0 Å². The minimum absolute atomic E-state index is 0.0193. The van der Waals surface area contributed by atoms with Crippen molar-refractivity contribution in [1.29, 1.82) is 0 Å². The molecule has 3 fully saturated rings. The predicted octanol–water partition coefficient (Wildman–Crippen LogP) is 10.9. The normalized spacial score (nSPS) is 14.8. The molecule has 0 bridgehead atoms. The Labute approximate surface area is 421 Å². The molecular weight excluding hydrogens is 1080 g/mol. The number of aromatic amines is 1. The molecule has 8 rings (SSSR count). The minimum atomic E-state index is -4.44. The van der Waals surface area contributed by atoms with Crippen LogP contribution in [-0.2, 0) is 34.2 Å². The molecule has 4 aromatic carbocycles. The number of nitrogen functional groups attached to an aromatic ring is 1. The van der Waals surface area contributed by atoms with Gasteiger partial charge in [-0.1, -0.05) is 15.9 Å². The Morgan fingerprint density at radius 3 is 1.27 bits per heavy atom. The fraction of sp³-hybridized carbons (Fsp3) is 0.383. The van der Waals surface area contributed by atoms with Crippen molar-refractivity contribution in [3.63, 3.8) is 0 Å². The molecule has 0 radical (unpaired) electrons. The number of benzene rings is 4. The lowest BCUT2D eigenvalue weighted by atomic mass is 10.1. The van der Waals surface area contributed by atoms with E-state index in [0.29, 0.717) is 44.8 Å². The zero-order valence-electron chi connectivity index (χ0n) is 39.1. The number of anilines is 3. The number of hydrogen-bond donors (Lipinski definition) is 3. The van der Waals surface area contributed by atoms with Gasteiger partial charge in [-0.3, -0.25) is 10.2 Å². The molecule has 3 saturated heterocycles. The van der Waals surface area contributed by atoms with Gasteiger partial charge in [-0.25, -0.2) is 25.3 Å². The second-order valence-corrected chi connectivity index (χ2v) is 17.2. The van der Waals surface area contributed by atoms with E-state index in [4.69, 9.17) is 10.3 Å². The smallest absolute Gasteiger partial charge is 0.434 e.